The van der Waals surface area contributed by atoms with Crippen LogP contribution >= 0.6 is 0 Å². The summed E-state index contributed by atoms with van der Waals surface area (Å²) in [6.45, 7) is 0.336. The van der Waals surface area contributed by atoms with E-state index >= 15 is 0 Å². The highest BCUT2D eigenvalue weighted by Gasteiger charge is 2.38. The molecule has 0 bridgehead atoms. The van der Waals surface area contributed by atoms with Gasteiger partial charge in [0.05, 0.1) is 10.8 Å². The third-order valence-electron chi connectivity index (χ3n) is 4.85. The van der Waals surface area contributed by atoms with Crippen LogP contribution in [0.5, 0.6) is 11.6 Å². The fourth-order valence-corrected chi connectivity index (χ4v) is 3.93. The van der Waals surface area contributed by atoms with Gasteiger partial charge in [0, 0.05) is 42.6 Å². The fourth-order valence-electron chi connectivity index (χ4n) is 3.02. The lowest BCUT2D eigenvalue weighted by molar-refractivity contribution is 0.0653. The van der Waals surface area contributed by atoms with Crippen molar-refractivity contribution in [1.29, 1.82) is 0 Å². The van der Waals surface area contributed by atoms with Crippen LogP contribution in [-0.2, 0) is 9.84 Å². The summed E-state index contributed by atoms with van der Waals surface area (Å²) in [5.41, 5.74) is 0.606. The number of carbonyl (C=O) groups excluding carboxylic acids is 1. The van der Waals surface area contributed by atoms with Crippen LogP contribution in [0.15, 0.2) is 48.7 Å². The maximum atomic E-state index is 12.6. The van der Waals surface area contributed by atoms with Crippen molar-refractivity contribution >= 4 is 26.6 Å². The van der Waals surface area contributed by atoms with E-state index in [0.717, 1.165) is 12.5 Å². The van der Waals surface area contributed by atoms with Gasteiger partial charge >= 0.3 is 0 Å². The topological polar surface area (TPSA) is 89.5 Å². The highest BCUT2D eigenvalue weighted by atomic mass is 32.2. The van der Waals surface area contributed by atoms with Crippen LogP contribution in [0.3, 0.4) is 0 Å². The first-order valence-corrected chi connectivity index (χ1v) is 11.0. The third-order valence-corrected chi connectivity index (χ3v) is 6.36. The van der Waals surface area contributed by atoms with E-state index < -0.39 is 21.5 Å². The largest absolute Gasteiger partial charge is 0.439 e. The average Bonchev–Trinajstić information content (AvgIpc) is 2.65. The number of sulfone groups is 1. The van der Waals surface area contributed by atoms with E-state index in [1.165, 1.54) is 17.0 Å². The van der Waals surface area contributed by atoms with Crippen LogP contribution in [-0.4, -0.2) is 53.8 Å². The number of carbonyl (C=O) groups is 1. The Labute approximate surface area is 171 Å². The number of hydrogen-bond acceptors (Lipinski definition) is 6. The van der Waals surface area contributed by atoms with E-state index in [2.05, 4.69) is 9.97 Å². The molecule has 0 spiro atoms. The molecule has 4 rings (SSSR count). The van der Waals surface area contributed by atoms with Gasteiger partial charge in [0.2, 0.25) is 5.88 Å². The quantitative estimate of drug-likeness (QED) is 0.614. The fraction of sp³-hybridized carbons (Fsp3) is 0.250. The summed E-state index contributed by atoms with van der Waals surface area (Å²) in [7, 11) is -3.16. The monoisotopic (exact) mass is 433 g/mol. The van der Waals surface area contributed by atoms with E-state index in [1.54, 1.807) is 30.3 Å². The van der Waals surface area contributed by atoms with Crippen molar-refractivity contribution in [1.82, 2.24) is 14.9 Å². The van der Waals surface area contributed by atoms with E-state index in [0.29, 0.717) is 16.7 Å². The number of nitrogens with zero attached hydrogens (tertiary/aromatic N) is 3. The molecule has 7 nitrogen and oxygen atoms in total. The molecule has 30 heavy (non-hydrogen) atoms. The second kappa shape index (κ2) is 7.60. The Morgan fingerprint density at radius 3 is 2.57 bits per heavy atom. The van der Waals surface area contributed by atoms with E-state index in [9.17, 15) is 22.0 Å². The molecule has 1 fully saturated rings. The Morgan fingerprint density at radius 1 is 1.17 bits per heavy atom. The Bertz CT molecular complexity index is 1210. The minimum Gasteiger partial charge on any atom is -0.439 e. The SMILES string of the molecule is CS(=O)(=O)C1CN(C(=O)c2ccc3cc(Oc4ccc(C(F)F)cn4)ccc3n2)C1. The number of aromatic nitrogens is 2. The summed E-state index contributed by atoms with van der Waals surface area (Å²) in [4.78, 5) is 22.2. The first kappa shape index (κ1) is 20.1. The minimum absolute atomic E-state index is 0.168. The molecule has 3 heterocycles. The van der Waals surface area contributed by atoms with Gasteiger partial charge in [0.25, 0.3) is 12.3 Å². The Morgan fingerprint density at radius 2 is 1.93 bits per heavy atom. The van der Waals surface area contributed by atoms with Gasteiger partial charge < -0.3 is 9.64 Å². The summed E-state index contributed by atoms with van der Waals surface area (Å²) in [5.74, 6) is 0.302. The molecule has 10 heteroatoms. The highest BCUT2D eigenvalue weighted by molar-refractivity contribution is 7.91. The predicted octanol–water partition coefficient (Wildman–Crippen LogP) is 3.23. The van der Waals surface area contributed by atoms with Gasteiger partial charge in [0.1, 0.15) is 11.4 Å². The second-order valence-corrected chi connectivity index (χ2v) is 9.37. The molecule has 0 aliphatic carbocycles. The zero-order valence-corrected chi connectivity index (χ0v) is 16.6. The number of alkyl halides is 2. The summed E-state index contributed by atoms with van der Waals surface area (Å²) >= 11 is 0. The number of benzene rings is 1. The second-order valence-electron chi connectivity index (χ2n) is 7.05. The van der Waals surface area contributed by atoms with Gasteiger partial charge in [-0.2, -0.15) is 0 Å². The van der Waals surface area contributed by atoms with Gasteiger partial charge in [-0.15, -0.1) is 0 Å². The molecule has 1 aromatic carbocycles. The number of ether oxygens (including phenoxy) is 1. The van der Waals surface area contributed by atoms with Crippen LogP contribution in [0, 0.1) is 0 Å². The molecule has 1 saturated heterocycles. The molecule has 3 aromatic rings. The standard InChI is InChI=1S/C20H17F2N3O4S/c1-30(27,28)15-10-25(11-15)20(26)17-5-2-12-8-14(4-6-16(12)24-17)29-18-7-3-13(9-23-18)19(21)22/h2-9,15,19H,10-11H2,1H3. The normalized spacial score (nSPS) is 14.7. The van der Waals surface area contributed by atoms with Crippen molar-refractivity contribution in [2.24, 2.45) is 0 Å². The van der Waals surface area contributed by atoms with Gasteiger partial charge in [0.15, 0.2) is 9.84 Å². The van der Waals surface area contributed by atoms with E-state index in [-0.39, 0.29) is 36.1 Å². The van der Waals surface area contributed by atoms with Crippen LogP contribution < -0.4 is 4.74 Å². The smallest absolute Gasteiger partial charge is 0.272 e. The molecule has 156 valence electrons. The third kappa shape index (κ3) is 4.09. The first-order chi connectivity index (χ1) is 14.2. The molecule has 2 aromatic heterocycles. The van der Waals surface area contributed by atoms with Crippen molar-refractivity contribution in [2.75, 3.05) is 19.3 Å². The van der Waals surface area contributed by atoms with Crippen LogP contribution in [0.4, 0.5) is 8.78 Å². The highest BCUT2D eigenvalue weighted by Crippen LogP contribution is 2.26. The number of rotatable bonds is 5. The molecular formula is C20H17F2N3O4S. The predicted molar refractivity (Wildman–Crippen MR) is 106 cm³/mol. The van der Waals surface area contributed by atoms with Gasteiger partial charge in [-0.25, -0.2) is 27.2 Å². The molecule has 1 amide bonds. The Balaban J connectivity index is 1.48. The molecule has 0 radical (unpaired) electrons. The van der Waals surface area contributed by atoms with Crippen LogP contribution in [0.2, 0.25) is 0 Å². The molecular weight excluding hydrogens is 416 g/mol. The van der Waals surface area contributed by atoms with Gasteiger partial charge in [-0.05, 0) is 30.3 Å². The molecule has 0 atom stereocenters. The number of hydrogen-bond donors (Lipinski definition) is 0. The molecule has 0 unspecified atom stereocenters. The summed E-state index contributed by atoms with van der Waals surface area (Å²) in [5, 5.41) is 0.191. The zero-order valence-electron chi connectivity index (χ0n) is 15.8. The maximum Gasteiger partial charge on any atom is 0.272 e. The Kier molecular flexibility index (Phi) is 5.10. The number of pyridine rings is 2. The average molecular weight is 433 g/mol. The number of fused-ring (bicyclic) bond motifs is 1. The van der Waals surface area contributed by atoms with Gasteiger partial charge in [-0.1, -0.05) is 6.07 Å². The number of halogens is 2. The van der Waals surface area contributed by atoms with Crippen molar-refractivity contribution in [3.05, 3.63) is 59.9 Å². The van der Waals surface area contributed by atoms with Crippen LogP contribution in [0.25, 0.3) is 10.9 Å². The van der Waals surface area contributed by atoms with Crippen molar-refractivity contribution in [3.8, 4) is 11.6 Å². The lowest BCUT2D eigenvalue weighted by atomic mass is 10.1. The molecule has 1 aliphatic heterocycles. The maximum absolute atomic E-state index is 12.6. The van der Waals surface area contributed by atoms with E-state index in [4.69, 9.17) is 4.74 Å². The number of likely N-dealkylation sites (tertiary alicyclic amines) is 1. The lowest BCUT2D eigenvalue weighted by Crippen LogP contribution is -2.56. The first-order valence-electron chi connectivity index (χ1n) is 9.01. The van der Waals surface area contributed by atoms with Gasteiger partial charge in [-0.3, -0.25) is 4.79 Å². The summed E-state index contributed by atoms with van der Waals surface area (Å²) < 4.78 is 53.8. The lowest BCUT2D eigenvalue weighted by Gasteiger charge is -2.37. The van der Waals surface area contributed by atoms with E-state index in [1.807, 2.05) is 0 Å². The van der Waals surface area contributed by atoms with Crippen molar-refractivity contribution < 1.29 is 26.7 Å². The van der Waals surface area contributed by atoms with Crippen molar-refractivity contribution in [3.63, 3.8) is 0 Å². The van der Waals surface area contributed by atoms with Crippen LogP contribution in [0.1, 0.15) is 22.5 Å². The number of amides is 1. The Hall–Kier alpha value is -3.14. The zero-order chi connectivity index (χ0) is 21.5. The van der Waals surface area contributed by atoms with Crippen molar-refractivity contribution in [2.45, 2.75) is 11.7 Å². The summed E-state index contributed by atoms with van der Waals surface area (Å²) in [6, 6.07) is 10.9. The minimum atomic E-state index is -3.16. The molecule has 0 saturated carbocycles. The molecule has 1 aliphatic rings. The molecule has 0 N–H and O–H groups in total. The summed E-state index contributed by atoms with van der Waals surface area (Å²) in [6.07, 6.45) is -0.371.